The summed E-state index contributed by atoms with van der Waals surface area (Å²) in [6.45, 7) is 1.93. The van der Waals surface area contributed by atoms with Crippen molar-refractivity contribution in [2.75, 3.05) is 12.4 Å². The van der Waals surface area contributed by atoms with E-state index in [4.69, 9.17) is 22.2 Å². The molecular formula is C16H17N5OS. The third-order valence-electron chi connectivity index (χ3n) is 3.41. The van der Waals surface area contributed by atoms with Crippen molar-refractivity contribution in [3.63, 3.8) is 0 Å². The van der Waals surface area contributed by atoms with E-state index in [1.54, 1.807) is 19.4 Å². The fourth-order valence-corrected chi connectivity index (χ4v) is 2.13. The molecule has 0 saturated carbocycles. The van der Waals surface area contributed by atoms with Gasteiger partial charge in [0.05, 0.1) is 13.3 Å². The largest absolute Gasteiger partial charge is 0.497 e. The molecule has 0 fully saturated rings. The van der Waals surface area contributed by atoms with Gasteiger partial charge in [-0.25, -0.2) is 0 Å². The van der Waals surface area contributed by atoms with Crippen LogP contribution in [0.2, 0.25) is 0 Å². The number of nitrogens with zero attached hydrogens (tertiary/aromatic N) is 3. The van der Waals surface area contributed by atoms with Gasteiger partial charge in [0.1, 0.15) is 17.5 Å². The van der Waals surface area contributed by atoms with Crippen LogP contribution in [-0.2, 0) is 7.05 Å². The maximum atomic E-state index is 9.00. The molecule has 118 valence electrons. The summed E-state index contributed by atoms with van der Waals surface area (Å²) < 4.78 is 6.91. The first-order valence-corrected chi connectivity index (χ1v) is 7.26. The Kier molecular flexibility index (Phi) is 5.33. The van der Waals surface area contributed by atoms with Crippen molar-refractivity contribution in [3.05, 3.63) is 47.3 Å². The van der Waals surface area contributed by atoms with Crippen LogP contribution in [0.1, 0.15) is 17.0 Å². The zero-order chi connectivity index (χ0) is 16.8. The Morgan fingerprint density at radius 3 is 2.65 bits per heavy atom. The third-order valence-corrected chi connectivity index (χ3v) is 3.60. The average Bonchev–Trinajstić information content (AvgIpc) is 2.83. The number of benzene rings is 1. The summed E-state index contributed by atoms with van der Waals surface area (Å²) in [5.41, 5.74) is 5.99. The van der Waals surface area contributed by atoms with Crippen LogP contribution < -0.4 is 15.5 Å². The van der Waals surface area contributed by atoms with E-state index < -0.39 is 0 Å². The molecule has 2 N–H and O–H groups in total. The summed E-state index contributed by atoms with van der Waals surface area (Å²) in [4.78, 5) is 0. The first-order valence-electron chi connectivity index (χ1n) is 6.85. The summed E-state index contributed by atoms with van der Waals surface area (Å²) in [5.74, 6) is 0.778. The summed E-state index contributed by atoms with van der Waals surface area (Å²) in [6, 6.07) is 11.3. The van der Waals surface area contributed by atoms with Gasteiger partial charge in [0, 0.05) is 24.0 Å². The van der Waals surface area contributed by atoms with E-state index >= 15 is 0 Å². The summed E-state index contributed by atoms with van der Waals surface area (Å²) in [6.07, 6.45) is 1.64. The van der Waals surface area contributed by atoms with Gasteiger partial charge < -0.3 is 14.6 Å². The number of aromatic nitrogens is 1. The molecule has 1 heterocycles. The molecule has 0 saturated heterocycles. The first kappa shape index (κ1) is 16.5. The second kappa shape index (κ2) is 7.42. The standard InChI is InChI=1S/C16H17N5OS/c1-11-12(8-14(9-17)21(11)2)10-18-20-16(23)19-13-4-6-15(22-3)7-5-13/h4-8,10H,1-3H3,(H2,19,20,23)/b18-10-. The minimum Gasteiger partial charge on any atom is -0.497 e. The third kappa shape index (κ3) is 4.08. The van der Waals surface area contributed by atoms with E-state index in [1.165, 1.54) is 0 Å². The van der Waals surface area contributed by atoms with Crippen LogP contribution >= 0.6 is 12.2 Å². The Morgan fingerprint density at radius 1 is 1.39 bits per heavy atom. The zero-order valence-electron chi connectivity index (χ0n) is 13.1. The molecule has 2 rings (SSSR count). The number of hydrazone groups is 1. The molecule has 0 aliphatic rings. The minimum atomic E-state index is 0.375. The van der Waals surface area contributed by atoms with E-state index in [1.807, 2.05) is 42.8 Å². The summed E-state index contributed by atoms with van der Waals surface area (Å²) >= 11 is 5.17. The molecule has 0 unspecified atom stereocenters. The normalized spacial score (nSPS) is 10.3. The van der Waals surface area contributed by atoms with Crippen LogP contribution in [-0.4, -0.2) is 23.0 Å². The Morgan fingerprint density at radius 2 is 2.09 bits per heavy atom. The molecule has 0 radical (unpaired) electrons. The lowest BCUT2D eigenvalue weighted by atomic mass is 10.3. The van der Waals surface area contributed by atoms with Gasteiger partial charge in [0.15, 0.2) is 5.11 Å². The Balaban J connectivity index is 1.94. The zero-order valence-corrected chi connectivity index (χ0v) is 13.9. The topological polar surface area (TPSA) is 74.4 Å². The maximum absolute atomic E-state index is 9.00. The molecule has 1 aromatic heterocycles. The molecule has 0 aliphatic carbocycles. The van der Waals surface area contributed by atoms with Crippen molar-refractivity contribution in [2.45, 2.75) is 6.92 Å². The van der Waals surface area contributed by atoms with Crippen LogP contribution in [0.5, 0.6) is 5.75 Å². The van der Waals surface area contributed by atoms with E-state index in [0.717, 1.165) is 22.7 Å². The predicted octanol–water partition coefficient (Wildman–Crippen LogP) is 2.53. The van der Waals surface area contributed by atoms with E-state index in [9.17, 15) is 0 Å². The van der Waals surface area contributed by atoms with Gasteiger partial charge in [-0.05, 0) is 49.5 Å². The van der Waals surface area contributed by atoms with Gasteiger partial charge in [-0.1, -0.05) is 0 Å². The highest BCUT2D eigenvalue weighted by Crippen LogP contribution is 2.14. The number of nitrogens with one attached hydrogen (secondary N) is 2. The van der Waals surface area contributed by atoms with Crippen molar-refractivity contribution >= 4 is 29.2 Å². The lowest BCUT2D eigenvalue weighted by Gasteiger charge is -2.07. The lowest BCUT2D eigenvalue weighted by Crippen LogP contribution is -2.23. The first-order chi connectivity index (χ1) is 11.0. The molecule has 0 bridgehead atoms. The smallest absolute Gasteiger partial charge is 0.191 e. The predicted molar refractivity (Wildman–Crippen MR) is 94.8 cm³/mol. The molecule has 6 nitrogen and oxygen atoms in total. The van der Waals surface area contributed by atoms with Crippen molar-refractivity contribution in [3.8, 4) is 11.8 Å². The summed E-state index contributed by atoms with van der Waals surface area (Å²) in [5, 5.41) is 16.5. The van der Waals surface area contributed by atoms with Gasteiger partial charge in [0.25, 0.3) is 0 Å². The highest BCUT2D eigenvalue weighted by atomic mass is 32.1. The number of anilines is 1. The lowest BCUT2D eigenvalue weighted by molar-refractivity contribution is 0.415. The van der Waals surface area contributed by atoms with E-state index in [2.05, 4.69) is 21.9 Å². The minimum absolute atomic E-state index is 0.375. The number of methoxy groups -OCH3 is 1. The fourth-order valence-electron chi connectivity index (χ4n) is 1.95. The quantitative estimate of drug-likeness (QED) is 0.513. The van der Waals surface area contributed by atoms with Crippen molar-refractivity contribution < 1.29 is 4.74 Å². The monoisotopic (exact) mass is 327 g/mol. The van der Waals surface area contributed by atoms with E-state index in [0.29, 0.717) is 10.8 Å². The second-order valence-corrected chi connectivity index (χ2v) is 5.20. The molecule has 2 aromatic rings. The maximum Gasteiger partial charge on any atom is 0.191 e. The van der Waals surface area contributed by atoms with Crippen molar-refractivity contribution in [2.24, 2.45) is 12.1 Å². The molecule has 7 heteroatoms. The van der Waals surface area contributed by atoms with Crippen LogP contribution in [0.4, 0.5) is 5.69 Å². The van der Waals surface area contributed by atoms with Crippen LogP contribution in [0.3, 0.4) is 0 Å². The molecule has 0 aliphatic heterocycles. The van der Waals surface area contributed by atoms with Crippen LogP contribution in [0.25, 0.3) is 0 Å². The van der Waals surface area contributed by atoms with Gasteiger partial charge in [-0.2, -0.15) is 10.4 Å². The van der Waals surface area contributed by atoms with Crippen LogP contribution in [0, 0.1) is 18.3 Å². The number of hydrogen-bond acceptors (Lipinski definition) is 4. The Hall–Kier alpha value is -2.85. The number of rotatable bonds is 4. The number of nitriles is 1. The molecule has 1 aromatic carbocycles. The Bertz CT molecular complexity index is 771. The van der Waals surface area contributed by atoms with Gasteiger partial charge in [0.2, 0.25) is 0 Å². The number of thiocarbonyl (C=S) groups is 1. The average molecular weight is 327 g/mol. The highest BCUT2D eigenvalue weighted by molar-refractivity contribution is 7.80. The molecule has 23 heavy (non-hydrogen) atoms. The molecular weight excluding hydrogens is 310 g/mol. The SMILES string of the molecule is COc1ccc(NC(=S)N/N=C\c2cc(C#N)n(C)c2C)cc1. The highest BCUT2D eigenvalue weighted by Gasteiger charge is 2.06. The molecule has 0 spiro atoms. The van der Waals surface area contributed by atoms with Crippen molar-refractivity contribution in [1.82, 2.24) is 9.99 Å². The van der Waals surface area contributed by atoms with Gasteiger partial charge >= 0.3 is 0 Å². The second-order valence-electron chi connectivity index (χ2n) is 4.79. The number of ether oxygens (including phenoxy) is 1. The molecule has 0 amide bonds. The van der Waals surface area contributed by atoms with Gasteiger partial charge in [-0.3, -0.25) is 5.43 Å². The number of hydrogen-bond donors (Lipinski definition) is 2. The van der Waals surface area contributed by atoms with E-state index in [-0.39, 0.29) is 0 Å². The van der Waals surface area contributed by atoms with Crippen LogP contribution in [0.15, 0.2) is 35.4 Å². The fraction of sp³-hybridized carbons (Fsp3) is 0.188. The molecule has 0 atom stereocenters. The van der Waals surface area contributed by atoms with Crippen molar-refractivity contribution in [1.29, 1.82) is 5.26 Å². The Labute approximate surface area is 140 Å². The summed E-state index contributed by atoms with van der Waals surface area (Å²) in [7, 11) is 3.46. The van der Waals surface area contributed by atoms with Gasteiger partial charge in [-0.15, -0.1) is 0 Å².